The molecule has 0 bridgehead atoms. The first-order valence-corrected chi connectivity index (χ1v) is 7.33. The molecule has 106 valence electrons. The molecule has 0 radical (unpaired) electrons. The fraction of sp³-hybridized carbons (Fsp3) is 0.389. The summed E-state index contributed by atoms with van der Waals surface area (Å²) < 4.78 is 0. The van der Waals surface area contributed by atoms with Crippen molar-refractivity contribution in [2.24, 2.45) is 5.92 Å². The molecule has 1 heterocycles. The summed E-state index contributed by atoms with van der Waals surface area (Å²) in [5.41, 5.74) is 5.05. The predicted octanol–water partition coefficient (Wildman–Crippen LogP) is 3.88. The lowest BCUT2D eigenvalue weighted by atomic mass is 10.0. The van der Waals surface area contributed by atoms with E-state index in [1.807, 2.05) is 13.1 Å². The van der Waals surface area contributed by atoms with Crippen LogP contribution < -0.4 is 5.32 Å². The van der Waals surface area contributed by atoms with Gasteiger partial charge in [0.2, 0.25) is 0 Å². The minimum atomic E-state index is 0.716. The van der Waals surface area contributed by atoms with Crippen LogP contribution in [0.25, 0.3) is 0 Å². The standard InChI is InChI=1S/C18H24N2/c1-14(2)10-16-6-8-17(9-7-16)11-19-12-18-5-4-15(3)20-13-18/h4-9,13-14,19H,10-12H2,1-3H3. The number of nitrogens with one attached hydrogen (secondary N) is 1. The Hall–Kier alpha value is -1.67. The van der Waals surface area contributed by atoms with Crippen LogP contribution >= 0.6 is 0 Å². The van der Waals surface area contributed by atoms with Gasteiger partial charge in [0.05, 0.1) is 0 Å². The SMILES string of the molecule is Cc1ccc(CNCc2ccc(CC(C)C)cc2)cn1. The van der Waals surface area contributed by atoms with E-state index < -0.39 is 0 Å². The third-order valence-corrected chi connectivity index (χ3v) is 3.30. The van der Waals surface area contributed by atoms with Gasteiger partial charge in [-0.05, 0) is 42.0 Å². The second kappa shape index (κ2) is 7.20. The molecular weight excluding hydrogens is 244 g/mol. The Kier molecular flexibility index (Phi) is 5.31. The highest BCUT2D eigenvalue weighted by molar-refractivity contribution is 5.23. The van der Waals surface area contributed by atoms with Gasteiger partial charge in [0.1, 0.15) is 0 Å². The van der Waals surface area contributed by atoms with Crippen molar-refractivity contribution >= 4 is 0 Å². The predicted molar refractivity (Wildman–Crippen MR) is 84.5 cm³/mol. The molecule has 0 aliphatic heterocycles. The quantitative estimate of drug-likeness (QED) is 0.860. The number of aryl methyl sites for hydroxylation is 1. The molecular formula is C18H24N2. The summed E-state index contributed by atoms with van der Waals surface area (Å²) in [4.78, 5) is 4.30. The molecule has 2 nitrogen and oxygen atoms in total. The van der Waals surface area contributed by atoms with E-state index in [-0.39, 0.29) is 0 Å². The molecule has 1 aromatic carbocycles. The molecule has 2 aromatic rings. The van der Waals surface area contributed by atoms with Crippen LogP contribution in [0.3, 0.4) is 0 Å². The van der Waals surface area contributed by atoms with E-state index in [0.29, 0.717) is 5.92 Å². The van der Waals surface area contributed by atoms with E-state index in [1.54, 1.807) is 0 Å². The van der Waals surface area contributed by atoms with Gasteiger partial charge in [-0.25, -0.2) is 0 Å². The van der Waals surface area contributed by atoms with Crippen molar-refractivity contribution in [2.45, 2.75) is 40.3 Å². The van der Waals surface area contributed by atoms with E-state index >= 15 is 0 Å². The Morgan fingerprint density at radius 3 is 2.10 bits per heavy atom. The van der Waals surface area contributed by atoms with Gasteiger partial charge in [-0.2, -0.15) is 0 Å². The molecule has 0 saturated carbocycles. The normalized spacial score (nSPS) is 11.0. The Morgan fingerprint density at radius 2 is 1.50 bits per heavy atom. The first kappa shape index (κ1) is 14.7. The first-order valence-electron chi connectivity index (χ1n) is 7.33. The maximum atomic E-state index is 4.30. The van der Waals surface area contributed by atoms with Crippen LogP contribution in [0.15, 0.2) is 42.6 Å². The van der Waals surface area contributed by atoms with Crippen molar-refractivity contribution in [3.8, 4) is 0 Å². The average molecular weight is 268 g/mol. The molecule has 0 saturated heterocycles. The molecule has 0 fully saturated rings. The van der Waals surface area contributed by atoms with Gasteiger partial charge < -0.3 is 5.32 Å². The van der Waals surface area contributed by atoms with Crippen LogP contribution in [0.4, 0.5) is 0 Å². The van der Waals surface area contributed by atoms with Gasteiger partial charge in [-0.1, -0.05) is 44.2 Å². The van der Waals surface area contributed by atoms with Crippen LogP contribution in [-0.4, -0.2) is 4.98 Å². The summed E-state index contributed by atoms with van der Waals surface area (Å²) in [6.07, 6.45) is 3.09. The van der Waals surface area contributed by atoms with E-state index in [2.05, 4.69) is 60.5 Å². The van der Waals surface area contributed by atoms with Crippen molar-refractivity contribution in [2.75, 3.05) is 0 Å². The molecule has 0 amide bonds. The zero-order valence-electron chi connectivity index (χ0n) is 12.7. The van der Waals surface area contributed by atoms with Crippen LogP contribution in [0.5, 0.6) is 0 Å². The van der Waals surface area contributed by atoms with E-state index in [1.165, 1.54) is 16.7 Å². The summed E-state index contributed by atoms with van der Waals surface area (Å²) in [5.74, 6) is 0.716. The number of aromatic nitrogens is 1. The Balaban J connectivity index is 1.80. The van der Waals surface area contributed by atoms with Crippen molar-refractivity contribution in [3.05, 3.63) is 65.0 Å². The molecule has 0 unspecified atom stereocenters. The van der Waals surface area contributed by atoms with Crippen molar-refractivity contribution < 1.29 is 0 Å². The van der Waals surface area contributed by atoms with E-state index in [0.717, 1.165) is 25.2 Å². The van der Waals surface area contributed by atoms with Crippen molar-refractivity contribution in [3.63, 3.8) is 0 Å². The molecule has 0 spiro atoms. The lowest BCUT2D eigenvalue weighted by molar-refractivity contribution is 0.646. The fourth-order valence-electron chi connectivity index (χ4n) is 2.22. The largest absolute Gasteiger partial charge is 0.309 e. The summed E-state index contributed by atoms with van der Waals surface area (Å²) in [7, 11) is 0. The first-order chi connectivity index (χ1) is 9.63. The fourth-order valence-corrected chi connectivity index (χ4v) is 2.22. The minimum absolute atomic E-state index is 0.716. The highest BCUT2D eigenvalue weighted by Gasteiger charge is 1.99. The number of benzene rings is 1. The van der Waals surface area contributed by atoms with Crippen LogP contribution in [0, 0.1) is 12.8 Å². The molecule has 20 heavy (non-hydrogen) atoms. The van der Waals surface area contributed by atoms with Gasteiger partial charge in [-0.15, -0.1) is 0 Å². The minimum Gasteiger partial charge on any atom is -0.309 e. The number of hydrogen-bond acceptors (Lipinski definition) is 2. The Bertz CT molecular complexity index is 512. The summed E-state index contributed by atoms with van der Waals surface area (Å²) in [6, 6.07) is 13.1. The third-order valence-electron chi connectivity index (χ3n) is 3.30. The van der Waals surface area contributed by atoms with Gasteiger partial charge in [0, 0.05) is 25.0 Å². The summed E-state index contributed by atoms with van der Waals surface area (Å²) in [5, 5.41) is 3.46. The molecule has 0 aliphatic carbocycles. The Labute approximate surface area is 122 Å². The van der Waals surface area contributed by atoms with Crippen LogP contribution in [0.1, 0.15) is 36.2 Å². The number of pyridine rings is 1. The maximum absolute atomic E-state index is 4.30. The molecule has 2 heteroatoms. The molecule has 1 N–H and O–H groups in total. The van der Waals surface area contributed by atoms with E-state index in [4.69, 9.17) is 0 Å². The highest BCUT2D eigenvalue weighted by Crippen LogP contribution is 2.10. The maximum Gasteiger partial charge on any atom is 0.0372 e. The van der Waals surface area contributed by atoms with Crippen LogP contribution in [-0.2, 0) is 19.5 Å². The average Bonchev–Trinajstić information content (AvgIpc) is 2.42. The monoisotopic (exact) mass is 268 g/mol. The second-order valence-corrected chi connectivity index (χ2v) is 5.83. The van der Waals surface area contributed by atoms with E-state index in [9.17, 15) is 0 Å². The lowest BCUT2D eigenvalue weighted by Crippen LogP contribution is -2.12. The molecule has 0 atom stereocenters. The van der Waals surface area contributed by atoms with Gasteiger partial charge in [0.25, 0.3) is 0 Å². The van der Waals surface area contributed by atoms with Gasteiger partial charge in [0.15, 0.2) is 0 Å². The van der Waals surface area contributed by atoms with Crippen LogP contribution in [0.2, 0.25) is 0 Å². The highest BCUT2D eigenvalue weighted by atomic mass is 14.8. The third kappa shape index (κ3) is 4.78. The second-order valence-electron chi connectivity index (χ2n) is 5.83. The lowest BCUT2D eigenvalue weighted by Gasteiger charge is -2.08. The zero-order chi connectivity index (χ0) is 14.4. The van der Waals surface area contributed by atoms with Crippen molar-refractivity contribution in [1.82, 2.24) is 10.3 Å². The number of hydrogen-bond donors (Lipinski definition) is 1. The molecule has 2 rings (SSSR count). The molecule has 1 aromatic heterocycles. The summed E-state index contributed by atoms with van der Waals surface area (Å²) >= 11 is 0. The number of nitrogens with zero attached hydrogens (tertiary/aromatic N) is 1. The zero-order valence-corrected chi connectivity index (χ0v) is 12.7. The molecule has 0 aliphatic rings. The Morgan fingerprint density at radius 1 is 0.900 bits per heavy atom. The number of rotatable bonds is 6. The summed E-state index contributed by atoms with van der Waals surface area (Å²) in [6.45, 7) is 8.28. The topological polar surface area (TPSA) is 24.9 Å². The van der Waals surface area contributed by atoms with Gasteiger partial charge >= 0.3 is 0 Å². The van der Waals surface area contributed by atoms with Crippen molar-refractivity contribution in [1.29, 1.82) is 0 Å². The van der Waals surface area contributed by atoms with Gasteiger partial charge in [-0.3, -0.25) is 4.98 Å². The smallest absolute Gasteiger partial charge is 0.0372 e.